The summed E-state index contributed by atoms with van der Waals surface area (Å²) in [5.74, 6) is -2.59. The number of fused-ring (bicyclic) bond motifs is 1. The Morgan fingerprint density at radius 1 is 1.40 bits per heavy atom. The summed E-state index contributed by atoms with van der Waals surface area (Å²) in [5, 5.41) is 7.71. The lowest BCUT2D eigenvalue weighted by Gasteiger charge is -2.33. The molecule has 1 aromatic carbocycles. The number of hydrogen-bond acceptors (Lipinski definition) is 6. The number of aromatic nitrogens is 3. The number of nitrogens with one attached hydrogen (secondary N) is 1. The predicted molar refractivity (Wildman–Crippen MR) is 89.2 cm³/mol. The number of esters is 1. The van der Waals surface area contributed by atoms with Gasteiger partial charge in [0.25, 0.3) is 0 Å². The number of thioether (sulfide) groups is 1. The molecule has 25 heavy (non-hydrogen) atoms. The average molecular weight is 366 g/mol. The van der Waals surface area contributed by atoms with Crippen LogP contribution in [0.4, 0.5) is 14.7 Å². The summed E-state index contributed by atoms with van der Waals surface area (Å²) in [6, 6.07) is 2.29. The first kappa shape index (κ1) is 17.4. The smallest absolute Gasteiger partial charge is 0.317 e. The molecule has 0 saturated carbocycles. The van der Waals surface area contributed by atoms with Gasteiger partial charge in [-0.1, -0.05) is 18.3 Å². The fourth-order valence-electron chi connectivity index (χ4n) is 2.81. The maximum Gasteiger partial charge on any atom is 0.317 e. The molecule has 0 saturated heterocycles. The van der Waals surface area contributed by atoms with Crippen LogP contribution in [0.2, 0.25) is 0 Å². The molecule has 0 bridgehead atoms. The van der Waals surface area contributed by atoms with Crippen LogP contribution in [0.25, 0.3) is 0 Å². The third-order valence-corrected chi connectivity index (χ3v) is 4.33. The molecule has 2 atom stereocenters. The molecule has 0 radical (unpaired) electrons. The highest BCUT2D eigenvalue weighted by Gasteiger charge is 2.41. The molecule has 1 N–H and O–H groups in total. The Balaban J connectivity index is 2.17. The second kappa shape index (κ2) is 6.83. The summed E-state index contributed by atoms with van der Waals surface area (Å²) in [6.07, 6.45) is 1.80. The molecule has 9 heteroatoms. The molecule has 6 nitrogen and oxygen atoms in total. The lowest BCUT2D eigenvalue weighted by atomic mass is 9.89. The van der Waals surface area contributed by atoms with Gasteiger partial charge < -0.3 is 10.1 Å². The molecule has 1 aliphatic heterocycles. The Morgan fingerprint density at radius 3 is 2.68 bits per heavy atom. The maximum absolute atomic E-state index is 13.8. The molecule has 0 spiro atoms. The molecule has 1 aromatic heterocycles. The summed E-state index contributed by atoms with van der Waals surface area (Å²) in [6.45, 7) is 5.72. The summed E-state index contributed by atoms with van der Waals surface area (Å²) in [5.41, 5.74) is 0.581. The molecule has 0 unspecified atom stereocenters. The molecule has 2 aromatic rings. The standard InChI is InChI=1S/C16H16F2N4O2S/c1-4-24-14(23)12-8(2)19-15-20-16(25-3)21-22(15)13(12)9-5-10(17)7-11(18)6-9/h5-7,12-13H,2,4H2,1,3H3,(H,19,20,21)/t12-,13+/m0/s1. The number of hydrogen-bond donors (Lipinski definition) is 1. The fraction of sp³-hybridized carbons (Fsp3) is 0.312. The van der Waals surface area contributed by atoms with Gasteiger partial charge >= 0.3 is 5.97 Å². The number of carbonyl (C=O) groups is 1. The van der Waals surface area contributed by atoms with E-state index in [4.69, 9.17) is 4.74 Å². The Kier molecular flexibility index (Phi) is 4.76. The first-order chi connectivity index (χ1) is 11.9. The first-order valence-electron chi connectivity index (χ1n) is 7.53. The minimum atomic E-state index is -0.898. The zero-order valence-electron chi connectivity index (χ0n) is 13.6. The zero-order chi connectivity index (χ0) is 18.1. The van der Waals surface area contributed by atoms with E-state index in [1.54, 1.807) is 13.2 Å². The van der Waals surface area contributed by atoms with Crippen molar-refractivity contribution in [2.75, 3.05) is 18.2 Å². The van der Waals surface area contributed by atoms with Gasteiger partial charge in [-0.05, 0) is 30.9 Å². The van der Waals surface area contributed by atoms with Crippen molar-refractivity contribution >= 4 is 23.7 Å². The van der Waals surface area contributed by atoms with Crippen LogP contribution in [0.15, 0.2) is 35.6 Å². The van der Waals surface area contributed by atoms with Crippen LogP contribution in [0.3, 0.4) is 0 Å². The van der Waals surface area contributed by atoms with Gasteiger partial charge in [0.15, 0.2) is 0 Å². The number of ether oxygens (including phenoxy) is 1. The topological polar surface area (TPSA) is 69.0 Å². The monoisotopic (exact) mass is 366 g/mol. The van der Waals surface area contributed by atoms with Crippen molar-refractivity contribution in [1.29, 1.82) is 0 Å². The highest BCUT2D eigenvalue weighted by Crippen LogP contribution is 2.39. The van der Waals surface area contributed by atoms with E-state index in [2.05, 4.69) is 22.0 Å². The van der Waals surface area contributed by atoms with Crippen molar-refractivity contribution in [1.82, 2.24) is 14.8 Å². The van der Waals surface area contributed by atoms with Crippen molar-refractivity contribution in [3.8, 4) is 0 Å². The number of nitrogens with zero attached hydrogens (tertiary/aromatic N) is 3. The number of anilines is 1. The Morgan fingerprint density at radius 2 is 2.08 bits per heavy atom. The van der Waals surface area contributed by atoms with Gasteiger partial charge in [-0.15, -0.1) is 5.10 Å². The van der Waals surface area contributed by atoms with E-state index in [1.165, 1.54) is 28.6 Å². The largest absolute Gasteiger partial charge is 0.465 e. The van der Waals surface area contributed by atoms with Crippen LogP contribution in [-0.2, 0) is 9.53 Å². The third-order valence-electron chi connectivity index (χ3n) is 3.79. The van der Waals surface area contributed by atoms with Crippen LogP contribution in [0.1, 0.15) is 18.5 Å². The van der Waals surface area contributed by atoms with E-state index >= 15 is 0 Å². The second-order valence-electron chi connectivity index (χ2n) is 5.39. The van der Waals surface area contributed by atoms with Gasteiger partial charge in [0.05, 0.1) is 12.6 Å². The van der Waals surface area contributed by atoms with Crippen molar-refractivity contribution in [3.05, 3.63) is 47.7 Å². The second-order valence-corrected chi connectivity index (χ2v) is 6.17. The molecule has 0 aliphatic carbocycles. The maximum atomic E-state index is 13.8. The fourth-order valence-corrected chi connectivity index (χ4v) is 3.15. The predicted octanol–water partition coefficient (Wildman–Crippen LogP) is 2.99. The summed E-state index contributed by atoms with van der Waals surface area (Å²) < 4.78 is 34.1. The van der Waals surface area contributed by atoms with Gasteiger partial charge in [-0.2, -0.15) is 4.98 Å². The van der Waals surface area contributed by atoms with E-state index in [-0.39, 0.29) is 12.2 Å². The van der Waals surface area contributed by atoms with Gasteiger partial charge in [-0.3, -0.25) is 4.79 Å². The van der Waals surface area contributed by atoms with Gasteiger partial charge in [0.2, 0.25) is 11.1 Å². The van der Waals surface area contributed by atoms with E-state index in [1.807, 2.05) is 0 Å². The molecule has 3 rings (SSSR count). The summed E-state index contributed by atoms with van der Waals surface area (Å²) in [7, 11) is 0. The Labute approximate surface area is 147 Å². The third kappa shape index (κ3) is 3.23. The Hall–Kier alpha value is -2.42. The highest BCUT2D eigenvalue weighted by molar-refractivity contribution is 7.98. The number of rotatable bonds is 4. The van der Waals surface area contributed by atoms with Crippen molar-refractivity contribution in [2.45, 2.75) is 18.1 Å². The molecule has 0 amide bonds. The van der Waals surface area contributed by atoms with Crippen LogP contribution in [-0.4, -0.2) is 33.6 Å². The van der Waals surface area contributed by atoms with E-state index in [0.29, 0.717) is 16.8 Å². The summed E-state index contributed by atoms with van der Waals surface area (Å²) >= 11 is 1.31. The zero-order valence-corrected chi connectivity index (χ0v) is 14.4. The molecule has 132 valence electrons. The minimum absolute atomic E-state index is 0.174. The molecule has 1 aliphatic rings. The van der Waals surface area contributed by atoms with E-state index in [9.17, 15) is 13.6 Å². The molecular weight excluding hydrogens is 350 g/mol. The van der Waals surface area contributed by atoms with Crippen molar-refractivity contribution in [2.24, 2.45) is 5.92 Å². The number of benzene rings is 1. The van der Waals surface area contributed by atoms with Gasteiger partial charge in [0, 0.05) is 11.8 Å². The van der Waals surface area contributed by atoms with Crippen LogP contribution < -0.4 is 5.32 Å². The quantitative estimate of drug-likeness (QED) is 0.663. The Bertz CT molecular complexity index is 819. The first-order valence-corrected chi connectivity index (χ1v) is 8.76. The molecular formula is C16H16F2N4O2S. The lowest BCUT2D eigenvalue weighted by molar-refractivity contribution is -0.147. The van der Waals surface area contributed by atoms with Crippen molar-refractivity contribution < 1.29 is 18.3 Å². The van der Waals surface area contributed by atoms with Crippen LogP contribution >= 0.6 is 11.8 Å². The number of carbonyl (C=O) groups excluding carboxylic acids is 1. The minimum Gasteiger partial charge on any atom is -0.465 e. The normalized spacial score (nSPS) is 19.3. The van der Waals surface area contributed by atoms with Gasteiger partial charge in [-0.25, -0.2) is 13.5 Å². The van der Waals surface area contributed by atoms with Crippen LogP contribution in [0, 0.1) is 17.6 Å². The average Bonchev–Trinajstić information content (AvgIpc) is 2.95. The number of halogens is 2. The molecule has 2 heterocycles. The van der Waals surface area contributed by atoms with E-state index < -0.39 is 29.6 Å². The molecule has 0 fully saturated rings. The highest BCUT2D eigenvalue weighted by atomic mass is 32.2. The SMILES string of the molecule is C=C1Nc2nc(SC)nn2[C@H](c2cc(F)cc(F)c2)[C@H]1C(=O)OCC. The summed E-state index contributed by atoms with van der Waals surface area (Å²) in [4.78, 5) is 16.8. The van der Waals surface area contributed by atoms with Crippen molar-refractivity contribution in [3.63, 3.8) is 0 Å². The van der Waals surface area contributed by atoms with E-state index in [0.717, 1.165) is 6.07 Å². The van der Waals surface area contributed by atoms with Gasteiger partial charge in [0.1, 0.15) is 17.6 Å². The lowest BCUT2D eigenvalue weighted by Crippen LogP contribution is -2.38. The van der Waals surface area contributed by atoms with Crippen LogP contribution in [0.5, 0.6) is 0 Å².